The monoisotopic (exact) mass is 254 g/mol. The molecule has 4 nitrogen and oxygen atoms in total. The highest BCUT2D eigenvalue weighted by Crippen LogP contribution is 2.19. The van der Waals surface area contributed by atoms with E-state index in [0.29, 0.717) is 11.5 Å². The molecule has 1 aromatic rings. The molecule has 0 amide bonds. The van der Waals surface area contributed by atoms with Crippen LogP contribution < -0.4 is 5.32 Å². The molecule has 1 fully saturated rings. The average Bonchev–Trinajstić information content (AvgIpc) is 2.67. The summed E-state index contributed by atoms with van der Waals surface area (Å²) in [5, 5.41) is 3.37. The van der Waals surface area contributed by atoms with Gasteiger partial charge in [-0.3, -0.25) is 4.98 Å². The Labute approximate surface area is 102 Å². The van der Waals surface area contributed by atoms with Crippen LogP contribution >= 0.6 is 0 Å². The van der Waals surface area contributed by atoms with Gasteiger partial charge in [0.25, 0.3) is 0 Å². The van der Waals surface area contributed by atoms with Crippen molar-refractivity contribution in [2.75, 3.05) is 18.1 Å². The summed E-state index contributed by atoms with van der Waals surface area (Å²) in [6, 6.07) is 4.15. The molecular formula is C12H18N2O2S. The molecule has 94 valence electrons. The van der Waals surface area contributed by atoms with E-state index < -0.39 is 9.84 Å². The van der Waals surface area contributed by atoms with Gasteiger partial charge in [-0.05, 0) is 37.4 Å². The largest absolute Gasteiger partial charge is 0.310 e. The van der Waals surface area contributed by atoms with E-state index in [1.165, 1.54) is 0 Å². The smallest absolute Gasteiger partial charge is 0.150 e. The summed E-state index contributed by atoms with van der Waals surface area (Å²) < 4.78 is 22.6. The van der Waals surface area contributed by atoms with E-state index in [2.05, 4.69) is 17.2 Å². The molecule has 1 aliphatic rings. The standard InChI is InChI=1S/C12H18N2O2S/c1-10(12-3-2-5-13-8-12)14-7-11-4-6-17(15,16)9-11/h2-3,5,8,10-11,14H,4,6-7,9H2,1H3. The average molecular weight is 254 g/mol. The first kappa shape index (κ1) is 12.5. The Kier molecular flexibility index (Phi) is 3.79. The second kappa shape index (κ2) is 5.14. The van der Waals surface area contributed by atoms with Crippen molar-refractivity contribution in [2.24, 2.45) is 5.92 Å². The highest BCUT2D eigenvalue weighted by molar-refractivity contribution is 7.91. The molecule has 0 radical (unpaired) electrons. The Morgan fingerprint density at radius 2 is 2.41 bits per heavy atom. The fourth-order valence-electron chi connectivity index (χ4n) is 2.13. The second-order valence-corrected chi connectivity index (χ2v) is 6.91. The summed E-state index contributed by atoms with van der Waals surface area (Å²) in [5.74, 6) is 0.944. The zero-order valence-corrected chi connectivity index (χ0v) is 10.8. The van der Waals surface area contributed by atoms with Crippen molar-refractivity contribution in [3.63, 3.8) is 0 Å². The summed E-state index contributed by atoms with van der Waals surface area (Å²) in [6.07, 6.45) is 4.37. The molecule has 2 atom stereocenters. The quantitative estimate of drug-likeness (QED) is 0.876. The highest BCUT2D eigenvalue weighted by atomic mass is 32.2. The van der Waals surface area contributed by atoms with Gasteiger partial charge in [0.05, 0.1) is 11.5 Å². The number of aromatic nitrogens is 1. The van der Waals surface area contributed by atoms with Crippen LogP contribution in [0.3, 0.4) is 0 Å². The van der Waals surface area contributed by atoms with Gasteiger partial charge in [-0.15, -0.1) is 0 Å². The molecule has 0 saturated carbocycles. The number of hydrogen-bond donors (Lipinski definition) is 1. The van der Waals surface area contributed by atoms with Crippen LogP contribution in [-0.2, 0) is 9.84 Å². The van der Waals surface area contributed by atoms with Crippen LogP contribution in [-0.4, -0.2) is 31.5 Å². The van der Waals surface area contributed by atoms with E-state index in [1.54, 1.807) is 6.20 Å². The Balaban J connectivity index is 1.83. The molecule has 17 heavy (non-hydrogen) atoms. The third-order valence-electron chi connectivity index (χ3n) is 3.22. The minimum absolute atomic E-state index is 0.215. The molecule has 0 aliphatic carbocycles. The number of nitrogens with zero attached hydrogens (tertiary/aromatic N) is 1. The van der Waals surface area contributed by atoms with Crippen molar-refractivity contribution in [1.82, 2.24) is 10.3 Å². The molecule has 1 saturated heterocycles. The first-order chi connectivity index (χ1) is 8.07. The predicted molar refractivity (Wildman–Crippen MR) is 67.4 cm³/mol. The maximum atomic E-state index is 11.3. The summed E-state index contributed by atoms with van der Waals surface area (Å²) in [5.41, 5.74) is 1.13. The third kappa shape index (κ3) is 3.51. The summed E-state index contributed by atoms with van der Waals surface area (Å²) >= 11 is 0. The highest BCUT2D eigenvalue weighted by Gasteiger charge is 2.27. The molecule has 5 heteroatoms. The van der Waals surface area contributed by atoms with E-state index in [-0.39, 0.29) is 12.0 Å². The third-order valence-corrected chi connectivity index (χ3v) is 5.06. The predicted octanol–water partition coefficient (Wildman–Crippen LogP) is 1.17. The number of sulfone groups is 1. The lowest BCUT2D eigenvalue weighted by molar-refractivity contribution is 0.475. The molecule has 1 aliphatic heterocycles. The molecule has 2 rings (SSSR count). The van der Waals surface area contributed by atoms with Crippen LogP contribution in [0.25, 0.3) is 0 Å². The van der Waals surface area contributed by atoms with Crippen molar-refractivity contribution >= 4 is 9.84 Å². The summed E-state index contributed by atoms with van der Waals surface area (Å²) in [4.78, 5) is 4.07. The molecule has 1 aromatic heterocycles. The van der Waals surface area contributed by atoms with Gasteiger partial charge in [0.1, 0.15) is 0 Å². The first-order valence-electron chi connectivity index (χ1n) is 5.90. The lowest BCUT2D eigenvalue weighted by atomic mass is 10.1. The minimum atomic E-state index is -2.76. The van der Waals surface area contributed by atoms with Gasteiger partial charge in [-0.2, -0.15) is 0 Å². The topological polar surface area (TPSA) is 59.1 Å². The summed E-state index contributed by atoms with van der Waals surface area (Å²) in [7, 11) is -2.76. The number of rotatable bonds is 4. The Morgan fingerprint density at radius 1 is 1.59 bits per heavy atom. The summed E-state index contributed by atoms with van der Waals surface area (Å²) in [6.45, 7) is 2.83. The normalized spacial score (nSPS) is 24.6. The van der Waals surface area contributed by atoms with Gasteiger partial charge >= 0.3 is 0 Å². The Morgan fingerprint density at radius 3 is 3.00 bits per heavy atom. The molecule has 2 heterocycles. The number of hydrogen-bond acceptors (Lipinski definition) is 4. The second-order valence-electron chi connectivity index (χ2n) is 4.69. The first-order valence-corrected chi connectivity index (χ1v) is 7.73. The van der Waals surface area contributed by atoms with E-state index in [4.69, 9.17) is 0 Å². The van der Waals surface area contributed by atoms with E-state index in [0.717, 1.165) is 18.5 Å². The fourth-order valence-corrected chi connectivity index (χ4v) is 3.99. The van der Waals surface area contributed by atoms with Gasteiger partial charge in [-0.1, -0.05) is 6.07 Å². The van der Waals surface area contributed by atoms with E-state index >= 15 is 0 Å². The fraction of sp³-hybridized carbons (Fsp3) is 0.583. The Bertz CT molecular complexity index is 459. The van der Waals surface area contributed by atoms with Gasteiger partial charge in [-0.25, -0.2) is 8.42 Å². The SMILES string of the molecule is CC(NCC1CCS(=O)(=O)C1)c1cccnc1. The number of pyridine rings is 1. The minimum Gasteiger partial charge on any atom is -0.310 e. The zero-order valence-electron chi connectivity index (χ0n) is 9.96. The molecular weight excluding hydrogens is 236 g/mol. The van der Waals surface area contributed by atoms with Crippen molar-refractivity contribution in [1.29, 1.82) is 0 Å². The van der Waals surface area contributed by atoms with Crippen molar-refractivity contribution in [3.05, 3.63) is 30.1 Å². The molecule has 1 N–H and O–H groups in total. The van der Waals surface area contributed by atoms with Gasteiger partial charge < -0.3 is 5.32 Å². The molecule has 0 aromatic carbocycles. The van der Waals surface area contributed by atoms with Gasteiger partial charge in [0.2, 0.25) is 0 Å². The van der Waals surface area contributed by atoms with Crippen LogP contribution in [0, 0.1) is 5.92 Å². The molecule has 2 unspecified atom stereocenters. The van der Waals surface area contributed by atoms with Crippen molar-refractivity contribution in [2.45, 2.75) is 19.4 Å². The van der Waals surface area contributed by atoms with Crippen molar-refractivity contribution in [3.8, 4) is 0 Å². The maximum absolute atomic E-state index is 11.3. The van der Waals surface area contributed by atoms with Gasteiger partial charge in [0, 0.05) is 18.4 Å². The lowest BCUT2D eigenvalue weighted by Gasteiger charge is -2.16. The maximum Gasteiger partial charge on any atom is 0.150 e. The van der Waals surface area contributed by atoms with Crippen LogP contribution in [0.5, 0.6) is 0 Å². The van der Waals surface area contributed by atoms with E-state index in [1.807, 2.05) is 18.3 Å². The van der Waals surface area contributed by atoms with Crippen LogP contribution in [0.15, 0.2) is 24.5 Å². The van der Waals surface area contributed by atoms with Crippen LogP contribution in [0.2, 0.25) is 0 Å². The van der Waals surface area contributed by atoms with E-state index in [9.17, 15) is 8.42 Å². The van der Waals surface area contributed by atoms with Crippen molar-refractivity contribution < 1.29 is 8.42 Å². The van der Waals surface area contributed by atoms with Gasteiger partial charge in [0.15, 0.2) is 9.84 Å². The van der Waals surface area contributed by atoms with Crippen LogP contribution in [0.1, 0.15) is 24.9 Å². The Hall–Kier alpha value is -0.940. The molecule has 0 bridgehead atoms. The lowest BCUT2D eigenvalue weighted by Crippen LogP contribution is -2.26. The zero-order chi connectivity index (χ0) is 12.3. The number of nitrogens with one attached hydrogen (secondary N) is 1. The van der Waals surface area contributed by atoms with Crippen LogP contribution in [0.4, 0.5) is 0 Å². The molecule has 0 spiro atoms.